The Morgan fingerprint density at radius 3 is 2.50 bits per heavy atom. The summed E-state index contributed by atoms with van der Waals surface area (Å²) < 4.78 is 21.0. The van der Waals surface area contributed by atoms with Crippen molar-refractivity contribution in [1.29, 1.82) is 0 Å². The Balaban J connectivity index is 2.17. The zero-order valence-corrected chi connectivity index (χ0v) is 17.8. The lowest BCUT2D eigenvalue weighted by molar-refractivity contribution is 0.0635. The van der Waals surface area contributed by atoms with Gasteiger partial charge in [-0.1, -0.05) is 0 Å². The number of hydrogen-bond donors (Lipinski definition) is 2. The molecule has 1 aromatic heterocycles. The van der Waals surface area contributed by atoms with Gasteiger partial charge in [-0.2, -0.15) is 0 Å². The lowest BCUT2D eigenvalue weighted by Gasteiger charge is -2.20. The molecule has 0 unspecified atom stereocenters. The first-order valence-electron chi connectivity index (χ1n) is 9.29. The van der Waals surface area contributed by atoms with Gasteiger partial charge in [0, 0.05) is 19.0 Å². The topological polar surface area (TPSA) is 108 Å². The summed E-state index contributed by atoms with van der Waals surface area (Å²) in [5, 5.41) is 5.39. The number of ether oxygens (including phenoxy) is 4. The zero-order chi connectivity index (χ0) is 22.1. The molecule has 0 fully saturated rings. The van der Waals surface area contributed by atoms with Gasteiger partial charge in [0.15, 0.2) is 0 Å². The highest BCUT2D eigenvalue weighted by atomic mass is 16.6. The Morgan fingerprint density at radius 2 is 1.83 bits per heavy atom. The van der Waals surface area contributed by atoms with Crippen molar-refractivity contribution in [1.82, 2.24) is 4.98 Å². The summed E-state index contributed by atoms with van der Waals surface area (Å²) in [6.07, 6.45) is 0.903. The van der Waals surface area contributed by atoms with E-state index in [1.165, 1.54) is 13.3 Å². The number of methoxy groups -OCH3 is 2. The summed E-state index contributed by atoms with van der Waals surface area (Å²) in [6, 6.07) is 8.10. The summed E-state index contributed by atoms with van der Waals surface area (Å²) >= 11 is 0. The van der Waals surface area contributed by atoms with Crippen molar-refractivity contribution in [2.75, 3.05) is 38.1 Å². The highest BCUT2D eigenvalue weighted by Gasteiger charge is 2.19. The van der Waals surface area contributed by atoms with Crippen molar-refractivity contribution in [3.05, 3.63) is 42.1 Å². The van der Waals surface area contributed by atoms with Crippen molar-refractivity contribution in [3.8, 4) is 11.6 Å². The molecule has 0 saturated carbocycles. The van der Waals surface area contributed by atoms with Crippen LogP contribution in [0.1, 0.15) is 31.1 Å². The maximum Gasteiger partial charge on any atom is 0.412 e. The van der Waals surface area contributed by atoms with E-state index < -0.39 is 17.6 Å². The number of carbonyl (C=O) groups is 2. The molecule has 1 heterocycles. The molecule has 9 nitrogen and oxygen atoms in total. The van der Waals surface area contributed by atoms with Crippen LogP contribution in [0.3, 0.4) is 0 Å². The molecule has 0 saturated heterocycles. The number of anilines is 2. The Kier molecular flexibility index (Phi) is 7.99. The summed E-state index contributed by atoms with van der Waals surface area (Å²) in [5.74, 6) is 0.209. The molecule has 2 aromatic rings. The normalized spacial score (nSPS) is 10.8. The number of nitrogens with one attached hydrogen (secondary N) is 2. The third-order valence-electron chi connectivity index (χ3n) is 3.63. The molecule has 0 bridgehead atoms. The van der Waals surface area contributed by atoms with Crippen molar-refractivity contribution in [2.45, 2.75) is 26.4 Å². The van der Waals surface area contributed by atoms with Gasteiger partial charge in [-0.3, -0.25) is 10.1 Å². The largest absolute Gasteiger partial charge is 0.495 e. The summed E-state index contributed by atoms with van der Waals surface area (Å²) in [7, 11) is 3.04. The van der Waals surface area contributed by atoms with Crippen LogP contribution in [0.5, 0.6) is 11.6 Å². The van der Waals surface area contributed by atoms with Gasteiger partial charge in [-0.15, -0.1) is 0 Å². The molecule has 0 spiro atoms. The number of hydrogen-bond acceptors (Lipinski definition) is 7. The van der Waals surface area contributed by atoms with Crippen LogP contribution < -0.4 is 20.1 Å². The standard InChI is InChI=1S/C21H27N3O6/c1-21(2,3)30-20(26)24-16-13-14(8-9-17(16)28-5)23-18(25)15-7-6-10-22-19(15)29-12-11-27-4/h6-10,13H,11-12H2,1-5H3,(H,23,25)(H,24,26). The fraction of sp³-hybridized carbons (Fsp3) is 0.381. The van der Waals surface area contributed by atoms with Crippen LogP contribution in [-0.2, 0) is 9.47 Å². The van der Waals surface area contributed by atoms with Crippen LogP contribution in [0, 0.1) is 0 Å². The summed E-state index contributed by atoms with van der Waals surface area (Å²) in [4.78, 5) is 28.9. The van der Waals surface area contributed by atoms with E-state index in [9.17, 15) is 9.59 Å². The Morgan fingerprint density at radius 1 is 1.07 bits per heavy atom. The lowest BCUT2D eigenvalue weighted by atomic mass is 10.2. The van der Waals surface area contributed by atoms with Crippen LogP contribution in [-0.4, -0.2) is 50.0 Å². The smallest absolute Gasteiger partial charge is 0.412 e. The zero-order valence-electron chi connectivity index (χ0n) is 17.8. The number of aromatic nitrogens is 1. The molecule has 1 aromatic carbocycles. The van der Waals surface area contributed by atoms with Crippen LogP contribution in [0.15, 0.2) is 36.5 Å². The summed E-state index contributed by atoms with van der Waals surface area (Å²) in [5.41, 5.74) is 0.416. The predicted octanol–water partition coefficient (Wildman–Crippen LogP) is 3.71. The molecular weight excluding hydrogens is 390 g/mol. The molecule has 162 valence electrons. The van der Waals surface area contributed by atoms with Crippen molar-refractivity contribution in [2.24, 2.45) is 0 Å². The Bertz CT molecular complexity index is 879. The second-order valence-corrected chi connectivity index (χ2v) is 7.19. The van der Waals surface area contributed by atoms with Gasteiger partial charge in [0.25, 0.3) is 5.91 Å². The van der Waals surface area contributed by atoms with E-state index >= 15 is 0 Å². The fourth-order valence-corrected chi connectivity index (χ4v) is 2.40. The SMILES string of the molecule is COCCOc1ncccc1C(=O)Nc1ccc(OC)c(NC(=O)OC(C)(C)C)c1. The van der Waals surface area contributed by atoms with E-state index in [0.29, 0.717) is 23.7 Å². The van der Waals surface area contributed by atoms with E-state index in [1.54, 1.807) is 58.2 Å². The molecule has 9 heteroatoms. The van der Waals surface area contributed by atoms with Crippen molar-refractivity contribution in [3.63, 3.8) is 0 Å². The third kappa shape index (κ3) is 6.93. The number of amides is 2. The third-order valence-corrected chi connectivity index (χ3v) is 3.63. The van der Waals surface area contributed by atoms with E-state index in [1.807, 2.05) is 0 Å². The van der Waals surface area contributed by atoms with Gasteiger partial charge in [-0.05, 0) is 51.1 Å². The van der Waals surface area contributed by atoms with Crippen molar-refractivity contribution < 1.29 is 28.5 Å². The highest BCUT2D eigenvalue weighted by Crippen LogP contribution is 2.29. The molecule has 0 aliphatic carbocycles. The van der Waals surface area contributed by atoms with E-state index in [2.05, 4.69) is 15.6 Å². The molecule has 0 radical (unpaired) electrons. The average molecular weight is 417 g/mol. The van der Waals surface area contributed by atoms with Crippen LogP contribution in [0.25, 0.3) is 0 Å². The first-order chi connectivity index (χ1) is 14.2. The molecule has 2 N–H and O–H groups in total. The minimum atomic E-state index is -0.650. The highest BCUT2D eigenvalue weighted by molar-refractivity contribution is 6.06. The van der Waals surface area contributed by atoms with E-state index in [0.717, 1.165) is 0 Å². The Labute approximate surface area is 175 Å². The van der Waals surface area contributed by atoms with E-state index in [4.69, 9.17) is 18.9 Å². The maximum absolute atomic E-state index is 12.7. The molecule has 30 heavy (non-hydrogen) atoms. The molecular formula is C21H27N3O6. The second-order valence-electron chi connectivity index (χ2n) is 7.19. The second kappa shape index (κ2) is 10.4. The van der Waals surface area contributed by atoms with E-state index in [-0.39, 0.29) is 18.1 Å². The molecule has 2 rings (SSSR count). The van der Waals surface area contributed by atoms with Crippen LogP contribution in [0.4, 0.5) is 16.2 Å². The number of carbonyl (C=O) groups excluding carboxylic acids is 2. The first kappa shape index (κ1) is 23.0. The quantitative estimate of drug-likeness (QED) is 0.630. The number of rotatable bonds is 8. The number of benzene rings is 1. The van der Waals surface area contributed by atoms with Gasteiger partial charge in [-0.25, -0.2) is 9.78 Å². The molecule has 0 aliphatic rings. The number of pyridine rings is 1. The van der Waals surface area contributed by atoms with Crippen LogP contribution in [0.2, 0.25) is 0 Å². The lowest BCUT2D eigenvalue weighted by Crippen LogP contribution is -2.27. The van der Waals surface area contributed by atoms with Gasteiger partial charge in [0.05, 0.1) is 19.4 Å². The summed E-state index contributed by atoms with van der Waals surface area (Å²) in [6.45, 7) is 5.93. The van der Waals surface area contributed by atoms with Gasteiger partial charge in [0.1, 0.15) is 23.5 Å². The average Bonchev–Trinajstić information content (AvgIpc) is 2.67. The Hall–Kier alpha value is -3.33. The van der Waals surface area contributed by atoms with Gasteiger partial charge < -0.3 is 24.3 Å². The van der Waals surface area contributed by atoms with Gasteiger partial charge >= 0.3 is 6.09 Å². The first-order valence-corrected chi connectivity index (χ1v) is 9.29. The fourth-order valence-electron chi connectivity index (χ4n) is 2.40. The molecule has 0 aliphatic heterocycles. The molecule has 0 atom stereocenters. The monoisotopic (exact) mass is 417 g/mol. The molecule has 2 amide bonds. The van der Waals surface area contributed by atoms with Gasteiger partial charge in [0.2, 0.25) is 5.88 Å². The van der Waals surface area contributed by atoms with Crippen LogP contribution >= 0.6 is 0 Å². The predicted molar refractivity (Wildman–Crippen MR) is 112 cm³/mol. The minimum absolute atomic E-state index is 0.202. The minimum Gasteiger partial charge on any atom is -0.495 e. The van der Waals surface area contributed by atoms with Crippen molar-refractivity contribution >= 4 is 23.4 Å². The number of nitrogens with zero attached hydrogens (tertiary/aromatic N) is 1. The maximum atomic E-state index is 12.7.